The van der Waals surface area contributed by atoms with Crippen molar-refractivity contribution in [2.24, 2.45) is 0 Å². The van der Waals surface area contributed by atoms with Crippen LogP contribution >= 0.6 is 11.3 Å². The van der Waals surface area contributed by atoms with E-state index in [2.05, 4.69) is 42.6 Å². The maximum absolute atomic E-state index is 6.18. The second-order valence-electron chi connectivity index (χ2n) is 8.98. The van der Waals surface area contributed by atoms with E-state index < -0.39 is 5.41 Å². The molecule has 0 N–H and O–H groups in total. The third-order valence-electron chi connectivity index (χ3n) is 6.66. The Balaban J connectivity index is 1.63. The third kappa shape index (κ3) is 4.58. The fourth-order valence-electron chi connectivity index (χ4n) is 4.90. The first-order valence-corrected chi connectivity index (χ1v) is 12.5. The minimum atomic E-state index is -0.434. The number of thiophene rings is 1. The van der Waals surface area contributed by atoms with Crippen molar-refractivity contribution in [2.45, 2.75) is 51.4 Å². The average molecular weight is 474 g/mol. The van der Waals surface area contributed by atoms with Gasteiger partial charge in [-0.3, -0.25) is 0 Å². The van der Waals surface area contributed by atoms with E-state index in [4.69, 9.17) is 17.7 Å². The van der Waals surface area contributed by atoms with Gasteiger partial charge in [0, 0.05) is 22.6 Å². The molecule has 4 nitrogen and oxygen atoms in total. The van der Waals surface area contributed by atoms with E-state index in [1.165, 1.54) is 4.88 Å². The summed E-state index contributed by atoms with van der Waals surface area (Å²) in [7, 11) is 0. The maximum atomic E-state index is 6.18. The van der Waals surface area contributed by atoms with Gasteiger partial charge in [-0.05, 0) is 86.7 Å². The molecule has 5 heteroatoms. The Hall–Kier alpha value is -3.18. The predicted octanol–water partition coefficient (Wildman–Crippen LogP) is 8.28. The molecule has 0 saturated carbocycles. The minimum absolute atomic E-state index is 0.0796. The molecule has 0 amide bonds. The van der Waals surface area contributed by atoms with E-state index >= 15 is 0 Å². The van der Waals surface area contributed by atoms with Crippen LogP contribution in [-0.2, 0) is 18.3 Å². The highest BCUT2D eigenvalue weighted by Crippen LogP contribution is 2.49. The van der Waals surface area contributed by atoms with Crippen molar-refractivity contribution in [3.8, 4) is 0 Å². The number of furan rings is 4. The fraction of sp³-hybridized carbons (Fsp3) is 0.276. The smallest absolute Gasteiger partial charge is 0.112 e. The normalized spacial score (nSPS) is 14.5. The van der Waals surface area contributed by atoms with Gasteiger partial charge < -0.3 is 17.7 Å². The van der Waals surface area contributed by atoms with Gasteiger partial charge in [-0.2, -0.15) is 0 Å². The highest BCUT2D eigenvalue weighted by atomic mass is 32.1. The van der Waals surface area contributed by atoms with Gasteiger partial charge in [0.1, 0.15) is 34.6 Å². The molecule has 0 saturated heterocycles. The number of hydrogen-bond acceptors (Lipinski definition) is 5. The molecule has 5 heterocycles. The molecule has 175 valence electrons. The van der Waals surface area contributed by atoms with Crippen LogP contribution in [0.1, 0.15) is 58.7 Å². The Morgan fingerprint density at radius 2 is 1.68 bits per heavy atom. The molecule has 0 bridgehead atoms. The first-order valence-electron chi connectivity index (χ1n) is 11.6. The van der Waals surface area contributed by atoms with Crippen molar-refractivity contribution in [2.75, 3.05) is 0 Å². The lowest BCUT2D eigenvalue weighted by Crippen LogP contribution is -2.37. The summed E-state index contributed by atoms with van der Waals surface area (Å²) in [6, 6.07) is 20.5. The van der Waals surface area contributed by atoms with E-state index in [0.717, 1.165) is 59.7 Å². The molecule has 0 aliphatic heterocycles. The zero-order chi connectivity index (χ0) is 23.5. The van der Waals surface area contributed by atoms with Crippen molar-refractivity contribution >= 4 is 11.3 Å². The summed E-state index contributed by atoms with van der Waals surface area (Å²) in [5.41, 5.74) is -0.434. The van der Waals surface area contributed by atoms with Gasteiger partial charge in [-0.25, -0.2) is 0 Å². The molecule has 5 rings (SSSR count). The maximum Gasteiger partial charge on any atom is 0.112 e. The lowest BCUT2D eigenvalue weighted by molar-refractivity contribution is 0.276. The van der Waals surface area contributed by atoms with Crippen LogP contribution in [0.25, 0.3) is 0 Å². The first-order chi connectivity index (χ1) is 16.5. The summed E-state index contributed by atoms with van der Waals surface area (Å²) in [5, 5.41) is 2.13. The van der Waals surface area contributed by atoms with Crippen LogP contribution < -0.4 is 0 Å². The number of rotatable bonds is 10. The van der Waals surface area contributed by atoms with Crippen LogP contribution in [0.2, 0.25) is 0 Å². The summed E-state index contributed by atoms with van der Waals surface area (Å²) in [6.07, 6.45) is 5.80. The Morgan fingerprint density at radius 1 is 0.882 bits per heavy atom. The van der Waals surface area contributed by atoms with E-state index in [0.29, 0.717) is 0 Å². The molecular formula is C29H29O4S. The molecule has 1 radical (unpaired) electrons. The molecule has 0 aliphatic rings. The van der Waals surface area contributed by atoms with Crippen LogP contribution in [0, 0.1) is 19.8 Å². The SMILES string of the molecule is C[C](c1ccc(C)o1)C(Cc1cccs1)(CC(Cc1ccco1)c1ccc(C)o1)c1ccco1. The minimum Gasteiger partial charge on any atom is -0.469 e. The van der Waals surface area contributed by atoms with E-state index in [1.54, 1.807) is 23.9 Å². The summed E-state index contributed by atoms with van der Waals surface area (Å²) >= 11 is 1.77. The second kappa shape index (κ2) is 9.59. The van der Waals surface area contributed by atoms with Crippen LogP contribution in [0.5, 0.6) is 0 Å². The fourth-order valence-corrected chi connectivity index (χ4v) is 5.72. The van der Waals surface area contributed by atoms with E-state index in [1.807, 2.05) is 44.2 Å². The lowest BCUT2D eigenvalue weighted by Gasteiger charge is -2.38. The van der Waals surface area contributed by atoms with Crippen molar-refractivity contribution in [1.82, 2.24) is 0 Å². The quantitative estimate of drug-likeness (QED) is 0.205. The Kier molecular flexibility index (Phi) is 6.38. The molecule has 2 atom stereocenters. The van der Waals surface area contributed by atoms with Gasteiger partial charge in [-0.15, -0.1) is 11.3 Å². The van der Waals surface area contributed by atoms with Gasteiger partial charge in [-0.1, -0.05) is 13.0 Å². The summed E-state index contributed by atoms with van der Waals surface area (Å²) in [4.78, 5) is 1.30. The van der Waals surface area contributed by atoms with E-state index in [9.17, 15) is 0 Å². The van der Waals surface area contributed by atoms with Crippen molar-refractivity contribution in [3.05, 3.63) is 124 Å². The second-order valence-corrected chi connectivity index (χ2v) is 10.0. The largest absolute Gasteiger partial charge is 0.469 e. The molecular weight excluding hydrogens is 444 g/mol. The van der Waals surface area contributed by atoms with Crippen molar-refractivity contribution in [3.63, 3.8) is 0 Å². The molecule has 0 spiro atoms. The number of aryl methyl sites for hydroxylation is 2. The lowest BCUT2D eigenvalue weighted by atomic mass is 9.64. The average Bonchev–Trinajstić information content (AvgIpc) is 3.64. The Labute approximate surface area is 204 Å². The van der Waals surface area contributed by atoms with Crippen LogP contribution in [0.15, 0.2) is 96.2 Å². The van der Waals surface area contributed by atoms with Crippen LogP contribution in [0.4, 0.5) is 0 Å². The Morgan fingerprint density at radius 3 is 2.29 bits per heavy atom. The van der Waals surface area contributed by atoms with Gasteiger partial charge in [0.15, 0.2) is 0 Å². The summed E-state index contributed by atoms with van der Waals surface area (Å²) < 4.78 is 24.3. The summed E-state index contributed by atoms with van der Waals surface area (Å²) in [6.45, 7) is 6.14. The topological polar surface area (TPSA) is 52.6 Å². The standard InChI is InChI=1S/C29H29O4S/c1-20-10-12-26(32-20)22(3)29(28-9-5-15-31-28,19-25-8-6-16-34-25)18-23(17-24-7-4-14-30-24)27-13-11-21(2)33-27/h4-16,23H,17-19H2,1-3H3. The highest BCUT2D eigenvalue weighted by Gasteiger charge is 2.46. The highest BCUT2D eigenvalue weighted by molar-refractivity contribution is 7.09. The number of hydrogen-bond donors (Lipinski definition) is 0. The zero-order valence-electron chi connectivity index (χ0n) is 19.7. The molecule has 34 heavy (non-hydrogen) atoms. The molecule has 0 aliphatic carbocycles. The van der Waals surface area contributed by atoms with E-state index in [-0.39, 0.29) is 5.92 Å². The third-order valence-corrected chi connectivity index (χ3v) is 7.54. The molecule has 5 aromatic heterocycles. The molecule has 5 aromatic rings. The van der Waals surface area contributed by atoms with Gasteiger partial charge >= 0.3 is 0 Å². The first kappa shape index (κ1) is 22.6. The van der Waals surface area contributed by atoms with Gasteiger partial charge in [0.2, 0.25) is 0 Å². The molecule has 2 unspecified atom stereocenters. The van der Waals surface area contributed by atoms with Crippen molar-refractivity contribution < 1.29 is 17.7 Å². The zero-order valence-corrected chi connectivity index (χ0v) is 20.6. The van der Waals surface area contributed by atoms with Crippen LogP contribution in [0.3, 0.4) is 0 Å². The van der Waals surface area contributed by atoms with Crippen molar-refractivity contribution in [1.29, 1.82) is 0 Å². The predicted molar refractivity (Wildman–Crippen MR) is 133 cm³/mol. The molecule has 0 fully saturated rings. The summed E-state index contributed by atoms with van der Waals surface area (Å²) in [5.74, 6) is 6.75. The monoisotopic (exact) mass is 473 g/mol. The van der Waals surface area contributed by atoms with Crippen LogP contribution in [-0.4, -0.2) is 0 Å². The van der Waals surface area contributed by atoms with Gasteiger partial charge in [0.25, 0.3) is 0 Å². The molecule has 0 aromatic carbocycles. The Bertz CT molecular complexity index is 1270. The van der Waals surface area contributed by atoms with Gasteiger partial charge in [0.05, 0.1) is 18.4 Å².